The number of para-hydroxylation sites is 3. The van der Waals surface area contributed by atoms with Crippen LogP contribution >= 0.6 is 0 Å². The van der Waals surface area contributed by atoms with Gasteiger partial charge in [-0.1, -0.05) is 50.2 Å². The van der Waals surface area contributed by atoms with Crippen molar-refractivity contribution in [1.29, 1.82) is 0 Å². The number of carbonyl (C=O) groups is 1. The first-order chi connectivity index (χ1) is 16.3. The molecule has 1 aromatic heterocycles. The van der Waals surface area contributed by atoms with Gasteiger partial charge in [-0.3, -0.25) is 9.10 Å². The molecule has 0 radical (unpaired) electrons. The molecule has 1 unspecified atom stereocenters. The molecule has 0 aliphatic carbocycles. The Labute approximate surface area is 198 Å². The van der Waals surface area contributed by atoms with E-state index in [1.807, 2.05) is 62.4 Å². The Morgan fingerprint density at radius 1 is 1.03 bits per heavy atom. The van der Waals surface area contributed by atoms with Crippen LogP contribution in [0.1, 0.15) is 41.6 Å². The summed E-state index contributed by atoms with van der Waals surface area (Å²) >= 11 is 0. The fourth-order valence-corrected chi connectivity index (χ4v) is 5.93. The van der Waals surface area contributed by atoms with Gasteiger partial charge in [0.1, 0.15) is 5.82 Å². The number of carbonyl (C=O) groups excluding carboxylic acids is 1. The second kappa shape index (κ2) is 8.61. The second-order valence-corrected chi connectivity index (χ2v) is 10.7. The Hall–Kier alpha value is -3.65. The van der Waals surface area contributed by atoms with Gasteiger partial charge in [-0.2, -0.15) is 0 Å². The minimum Gasteiger partial charge on any atom is -0.342 e. The number of hydrogen-bond donors (Lipinski definition) is 2. The number of rotatable bonds is 6. The fraction of sp³-hybridized carbons (Fsp3) is 0.231. The van der Waals surface area contributed by atoms with Crippen LogP contribution in [-0.2, 0) is 16.4 Å². The summed E-state index contributed by atoms with van der Waals surface area (Å²) in [4.78, 5) is 21.2. The zero-order valence-corrected chi connectivity index (χ0v) is 19.8. The molecule has 0 saturated carbocycles. The number of nitrogens with zero attached hydrogens (tertiary/aromatic N) is 2. The lowest BCUT2D eigenvalue weighted by atomic mass is 10.0. The third-order valence-corrected chi connectivity index (χ3v) is 7.99. The van der Waals surface area contributed by atoms with Gasteiger partial charge in [-0.25, -0.2) is 13.4 Å². The van der Waals surface area contributed by atoms with E-state index in [1.54, 1.807) is 12.1 Å². The average Bonchev–Trinajstić information content (AvgIpc) is 3.47. The van der Waals surface area contributed by atoms with E-state index in [-0.39, 0.29) is 28.3 Å². The SMILES string of the molecule is CC(C)C(NC(=O)c1cccc(S(=O)(=O)N2CCc3ccccc32)c1)c1nc2ccccc2[nH]1. The molecular formula is C26H26N4O3S. The molecule has 2 N–H and O–H groups in total. The highest BCUT2D eigenvalue weighted by atomic mass is 32.2. The van der Waals surface area contributed by atoms with Gasteiger partial charge in [0.05, 0.1) is 27.7 Å². The highest BCUT2D eigenvalue weighted by Gasteiger charge is 2.31. The van der Waals surface area contributed by atoms with Crippen LogP contribution in [0.15, 0.2) is 77.7 Å². The molecule has 4 aromatic rings. The van der Waals surface area contributed by atoms with Gasteiger partial charge in [0.2, 0.25) is 0 Å². The topological polar surface area (TPSA) is 95.2 Å². The average molecular weight is 475 g/mol. The Bertz CT molecular complexity index is 1440. The van der Waals surface area contributed by atoms with Crippen molar-refractivity contribution < 1.29 is 13.2 Å². The fourth-order valence-electron chi connectivity index (χ4n) is 4.38. The largest absolute Gasteiger partial charge is 0.342 e. The Kier molecular flexibility index (Phi) is 5.61. The molecule has 1 aliphatic heterocycles. The lowest BCUT2D eigenvalue weighted by Crippen LogP contribution is -2.33. The second-order valence-electron chi connectivity index (χ2n) is 8.82. The summed E-state index contributed by atoms with van der Waals surface area (Å²) in [7, 11) is -3.79. The third kappa shape index (κ3) is 3.94. The number of imidazole rings is 1. The van der Waals surface area contributed by atoms with Crippen molar-refractivity contribution in [2.75, 3.05) is 10.8 Å². The van der Waals surface area contributed by atoms with Crippen molar-refractivity contribution in [2.45, 2.75) is 31.2 Å². The summed E-state index contributed by atoms with van der Waals surface area (Å²) in [6, 6.07) is 21.1. The van der Waals surface area contributed by atoms with Gasteiger partial charge in [-0.15, -0.1) is 0 Å². The molecule has 0 saturated heterocycles. The number of H-pyrrole nitrogens is 1. The maximum absolute atomic E-state index is 13.4. The van der Waals surface area contributed by atoms with E-state index in [2.05, 4.69) is 15.3 Å². The number of fused-ring (bicyclic) bond motifs is 2. The number of anilines is 1. The molecule has 0 bridgehead atoms. The molecule has 174 valence electrons. The Morgan fingerprint density at radius 2 is 1.79 bits per heavy atom. The quantitative estimate of drug-likeness (QED) is 0.432. The molecule has 8 heteroatoms. The lowest BCUT2D eigenvalue weighted by molar-refractivity contribution is 0.0923. The first-order valence-corrected chi connectivity index (χ1v) is 12.7. The van der Waals surface area contributed by atoms with Gasteiger partial charge in [0.15, 0.2) is 0 Å². The normalized spacial score (nSPS) is 14.4. The maximum Gasteiger partial charge on any atom is 0.264 e. The molecule has 34 heavy (non-hydrogen) atoms. The van der Waals surface area contributed by atoms with E-state index in [0.717, 1.165) is 16.6 Å². The summed E-state index contributed by atoms with van der Waals surface area (Å²) in [5.41, 5.74) is 3.72. The van der Waals surface area contributed by atoms with E-state index in [9.17, 15) is 13.2 Å². The maximum atomic E-state index is 13.4. The summed E-state index contributed by atoms with van der Waals surface area (Å²) in [6.45, 7) is 4.40. The zero-order valence-electron chi connectivity index (χ0n) is 19.0. The van der Waals surface area contributed by atoms with Gasteiger partial charge in [-0.05, 0) is 54.3 Å². The third-order valence-electron chi connectivity index (χ3n) is 6.18. The van der Waals surface area contributed by atoms with Crippen molar-refractivity contribution in [3.8, 4) is 0 Å². The summed E-state index contributed by atoms with van der Waals surface area (Å²) in [5.74, 6) is 0.387. The molecule has 1 amide bonds. The molecule has 1 atom stereocenters. The Morgan fingerprint density at radius 3 is 2.59 bits per heavy atom. The van der Waals surface area contributed by atoms with Crippen LogP contribution in [-0.4, -0.2) is 30.8 Å². The summed E-state index contributed by atoms with van der Waals surface area (Å²) < 4.78 is 28.2. The van der Waals surface area contributed by atoms with E-state index < -0.39 is 10.0 Å². The van der Waals surface area contributed by atoms with Crippen molar-refractivity contribution in [2.24, 2.45) is 5.92 Å². The van der Waals surface area contributed by atoms with Crippen LogP contribution in [0, 0.1) is 5.92 Å². The summed E-state index contributed by atoms with van der Waals surface area (Å²) in [5, 5.41) is 3.03. The number of hydrogen-bond acceptors (Lipinski definition) is 4. The van der Waals surface area contributed by atoms with Gasteiger partial charge in [0.25, 0.3) is 15.9 Å². The molecule has 1 aliphatic rings. The molecule has 3 aromatic carbocycles. The molecule has 7 nitrogen and oxygen atoms in total. The standard InChI is InChI=1S/C26H26N4O3S/c1-17(2)24(25-27-21-11-4-5-12-22(21)28-25)29-26(31)19-9-7-10-20(16-19)34(32,33)30-15-14-18-8-3-6-13-23(18)30/h3-13,16-17,24H,14-15H2,1-2H3,(H,27,28)(H,29,31). The highest BCUT2D eigenvalue weighted by Crippen LogP contribution is 2.33. The number of nitrogens with one attached hydrogen (secondary N) is 2. The minimum atomic E-state index is -3.79. The monoisotopic (exact) mass is 474 g/mol. The predicted octanol–water partition coefficient (Wildman–Crippen LogP) is 4.44. The lowest BCUT2D eigenvalue weighted by Gasteiger charge is -2.21. The van der Waals surface area contributed by atoms with Crippen LogP contribution < -0.4 is 9.62 Å². The van der Waals surface area contributed by atoms with E-state index in [1.165, 1.54) is 16.4 Å². The Balaban J connectivity index is 1.42. The number of aromatic nitrogens is 2. The van der Waals surface area contributed by atoms with Crippen LogP contribution in [0.5, 0.6) is 0 Å². The highest BCUT2D eigenvalue weighted by molar-refractivity contribution is 7.92. The molecular weight excluding hydrogens is 448 g/mol. The van der Waals surface area contributed by atoms with Gasteiger partial charge in [0, 0.05) is 12.1 Å². The number of sulfonamides is 1. The molecule has 2 heterocycles. The molecule has 0 fully saturated rings. The van der Waals surface area contributed by atoms with Crippen LogP contribution in [0.3, 0.4) is 0 Å². The van der Waals surface area contributed by atoms with Crippen molar-refractivity contribution in [1.82, 2.24) is 15.3 Å². The number of aromatic amines is 1. The van der Waals surface area contributed by atoms with E-state index >= 15 is 0 Å². The first kappa shape index (κ1) is 22.2. The molecule has 0 spiro atoms. The van der Waals surface area contributed by atoms with Crippen LogP contribution in [0.2, 0.25) is 0 Å². The van der Waals surface area contributed by atoms with Gasteiger partial charge >= 0.3 is 0 Å². The number of benzene rings is 3. The van der Waals surface area contributed by atoms with Crippen molar-refractivity contribution >= 4 is 32.7 Å². The smallest absolute Gasteiger partial charge is 0.264 e. The van der Waals surface area contributed by atoms with Crippen molar-refractivity contribution in [3.05, 3.63) is 89.7 Å². The van der Waals surface area contributed by atoms with E-state index in [0.29, 0.717) is 24.5 Å². The predicted molar refractivity (Wildman–Crippen MR) is 132 cm³/mol. The summed E-state index contributed by atoms with van der Waals surface area (Å²) in [6.07, 6.45) is 0.670. The number of amides is 1. The van der Waals surface area contributed by atoms with E-state index in [4.69, 9.17) is 0 Å². The zero-order chi connectivity index (χ0) is 23.9. The minimum absolute atomic E-state index is 0.0672. The van der Waals surface area contributed by atoms with Crippen molar-refractivity contribution in [3.63, 3.8) is 0 Å². The van der Waals surface area contributed by atoms with Crippen LogP contribution in [0.25, 0.3) is 11.0 Å². The molecule has 5 rings (SSSR count). The first-order valence-electron chi connectivity index (χ1n) is 11.3. The van der Waals surface area contributed by atoms with Crippen LogP contribution in [0.4, 0.5) is 5.69 Å². The van der Waals surface area contributed by atoms with Gasteiger partial charge < -0.3 is 10.3 Å².